The molecule has 150 valence electrons. The number of aryl methyl sites for hydroxylation is 2. The second kappa shape index (κ2) is 8.45. The summed E-state index contributed by atoms with van der Waals surface area (Å²) in [4.78, 5) is 24.2. The molecule has 0 radical (unpaired) electrons. The first kappa shape index (κ1) is 20.5. The van der Waals surface area contributed by atoms with E-state index in [0.29, 0.717) is 11.4 Å². The standard InChI is InChI=1S/C21H19ClFN3O3/c1-12-4-7-16(8-5-12)26-14(3)20(13(2)25-26)24-19(27)11-29-21(28)17-9-6-15(22)10-18(17)23/h4-10H,11H2,1-3H3,(H,24,27). The van der Waals surface area contributed by atoms with Gasteiger partial charge in [0.25, 0.3) is 5.91 Å². The van der Waals surface area contributed by atoms with Crippen LogP contribution in [-0.4, -0.2) is 28.3 Å². The lowest BCUT2D eigenvalue weighted by molar-refractivity contribution is -0.119. The average Bonchev–Trinajstić information content (AvgIpc) is 2.95. The molecule has 0 aliphatic heterocycles. The molecule has 0 spiro atoms. The van der Waals surface area contributed by atoms with E-state index >= 15 is 0 Å². The van der Waals surface area contributed by atoms with Crippen LogP contribution in [0.15, 0.2) is 42.5 Å². The predicted octanol–water partition coefficient (Wildman–Crippen LogP) is 4.39. The first-order valence-electron chi connectivity index (χ1n) is 8.81. The lowest BCUT2D eigenvalue weighted by atomic mass is 10.2. The number of nitrogens with zero attached hydrogens (tertiary/aromatic N) is 2. The minimum absolute atomic E-state index is 0.160. The number of rotatable bonds is 5. The number of carbonyl (C=O) groups excluding carboxylic acids is 2. The van der Waals surface area contributed by atoms with Crippen molar-refractivity contribution in [3.63, 3.8) is 0 Å². The van der Waals surface area contributed by atoms with Crippen molar-refractivity contribution in [1.29, 1.82) is 0 Å². The highest BCUT2D eigenvalue weighted by Gasteiger charge is 2.18. The highest BCUT2D eigenvalue weighted by Crippen LogP contribution is 2.23. The van der Waals surface area contributed by atoms with Gasteiger partial charge in [-0.3, -0.25) is 4.79 Å². The van der Waals surface area contributed by atoms with Gasteiger partial charge in [0.05, 0.1) is 28.3 Å². The maximum absolute atomic E-state index is 13.8. The predicted molar refractivity (Wildman–Crippen MR) is 108 cm³/mol. The largest absolute Gasteiger partial charge is 0.452 e. The molecule has 2 aromatic carbocycles. The molecular weight excluding hydrogens is 397 g/mol. The summed E-state index contributed by atoms with van der Waals surface area (Å²) in [5, 5.41) is 7.31. The Bertz CT molecular complexity index is 1080. The van der Waals surface area contributed by atoms with Gasteiger partial charge >= 0.3 is 5.97 Å². The number of nitrogens with one attached hydrogen (secondary N) is 1. The van der Waals surface area contributed by atoms with Gasteiger partial charge < -0.3 is 10.1 Å². The minimum atomic E-state index is -0.946. The summed E-state index contributed by atoms with van der Waals surface area (Å²) in [7, 11) is 0. The molecule has 0 bridgehead atoms. The zero-order valence-electron chi connectivity index (χ0n) is 16.1. The van der Waals surface area contributed by atoms with Crippen LogP contribution < -0.4 is 5.32 Å². The van der Waals surface area contributed by atoms with Crippen LogP contribution in [0.1, 0.15) is 27.3 Å². The molecule has 8 heteroatoms. The lowest BCUT2D eigenvalue weighted by Gasteiger charge is -2.08. The van der Waals surface area contributed by atoms with E-state index in [-0.39, 0.29) is 10.6 Å². The highest BCUT2D eigenvalue weighted by molar-refractivity contribution is 6.30. The average molecular weight is 416 g/mol. The van der Waals surface area contributed by atoms with E-state index in [1.807, 2.05) is 38.1 Å². The number of halogens is 2. The Labute approximate surface area is 172 Å². The van der Waals surface area contributed by atoms with Crippen LogP contribution in [0.4, 0.5) is 10.1 Å². The number of esters is 1. The van der Waals surface area contributed by atoms with E-state index in [1.54, 1.807) is 11.6 Å². The summed E-state index contributed by atoms with van der Waals surface area (Å²) in [5.41, 5.74) is 3.58. The summed E-state index contributed by atoms with van der Waals surface area (Å²) in [6.45, 7) is 5.02. The van der Waals surface area contributed by atoms with Gasteiger partial charge in [-0.2, -0.15) is 5.10 Å². The third-order valence-corrected chi connectivity index (χ3v) is 4.55. The summed E-state index contributed by atoms with van der Waals surface area (Å²) < 4.78 is 20.4. The number of anilines is 1. The Balaban J connectivity index is 1.68. The van der Waals surface area contributed by atoms with Crippen LogP contribution in [0.3, 0.4) is 0 Å². The minimum Gasteiger partial charge on any atom is -0.452 e. The van der Waals surface area contributed by atoms with Crippen molar-refractivity contribution in [3.8, 4) is 5.69 Å². The van der Waals surface area contributed by atoms with Crippen molar-refractivity contribution in [1.82, 2.24) is 9.78 Å². The van der Waals surface area contributed by atoms with Crippen LogP contribution in [0.2, 0.25) is 5.02 Å². The van der Waals surface area contributed by atoms with Crippen LogP contribution in [0.25, 0.3) is 5.69 Å². The molecular formula is C21H19ClFN3O3. The van der Waals surface area contributed by atoms with Crippen molar-refractivity contribution in [2.75, 3.05) is 11.9 Å². The fraction of sp³-hybridized carbons (Fsp3) is 0.190. The van der Waals surface area contributed by atoms with E-state index in [1.165, 1.54) is 12.1 Å². The summed E-state index contributed by atoms with van der Waals surface area (Å²) in [6, 6.07) is 11.4. The first-order chi connectivity index (χ1) is 13.8. The van der Waals surface area contributed by atoms with Gasteiger partial charge in [-0.25, -0.2) is 13.9 Å². The third kappa shape index (κ3) is 4.63. The maximum atomic E-state index is 13.8. The second-order valence-corrected chi connectivity index (χ2v) is 6.98. The third-order valence-electron chi connectivity index (χ3n) is 4.32. The topological polar surface area (TPSA) is 73.2 Å². The fourth-order valence-electron chi connectivity index (χ4n) is 2.80. The summed E-state index contributed by atoms with van der Waals surface area (Å²) >= 11 is 5.66. The zero-order valence-corrected chi connectivity index (χ0v) is 16.9. The van der Waals surface area contributed by atoms with E-state index in [0.717, 1.165) is 23.0 Å². The van der Waals surface area contributed by atoms with Gasteiger partial charge in [-0.05, 0) is 51.1 Å². The van der Waals surface area contributed by atoms with Gasteiger partial charge in [0.1, 0.15) is 5.82 Å². The number of benzene rings is 2. The maximum Gasteiger partial charge on any atom is 0.341 e. The molecule has 3 rings (SSSR count). The van der Waals surface area contributed by atoms with Crippen LogP contribution in [0, 0.1) is 26.6 Å². The molecule has 1 heterocycles. The van der Waals surface area contributed by atoms with Gasteiger partial charge in [-0.15, -0.1) is 0 Å². The fourth-order valence-corrected chi connectivity index (χ4v) is 2.96. The SMILES string of the molecule is Cc1ccc(-n2nc(C)c(NC(=O)COC(=O)c3ccc(Cl)cc3F)c2C)cc1. The second-order valence-electron chi connectivity index (χ2n) is 6.54. The van der Waals surface area contributed by atoms with Gasteiger partial charge in [0.15, 0.2) is 6.61 Å². The molecule has 0 unspecified atom stereocenters. The molecule has 3 aromatic rings. The Morgan fingerprint density at radius 2 is 1.83 bits per heavy atom. The Kier molecular flexibility index (Phi) is 5.98. The van der Waals surface area contributed by atoms with E-state index in [4.69, 9.17) is 16.3 Å². The number of ether oxygens (including phenoxy) is 1. The van der Waals surface area contributed by atoms with Gasteiger partial charge in [0, 0.05) is 5.02 Å². The number of hydrogen-bond acceptors (Lipinski definition) is 4. The Morgan fingerprint density at radius 3 is 2.48 bits per heavy atom. The van der Waals surface area contributed by atoms with E-state index in [2.05, 4.69) is 10.4 Å². The molecule has 6 nitrogen and oxygen atoms in total. The molecule has 1 N–H and O–H groups in total. The summed E-state index contributed by atoms with van der Waals surface area (Å²) in [6.07, 6.45) is 0. The number of hydrogen-bond donors (Lipinski definition) is 1. The van der Waals surface area contributed by atoms with Crippen molar-refractivity contribution < 1.29 is 18.7 Å². The molecule has 1 aromatic heterocycles. The monoisotopic (exact) mass is 415 g/mol. The quantitative estimate of drug-likeness (QED) is 0.627. The Hall–Kier alpha value is -3.19. The summed E-state index contributed by atoms with van der Waals surface area (Å²) in [5.74, 6) is -2.31. The Morgan fingerprint density at radius 1 is 1.14 bits per heavy atom. The van der Waals surface area contributed by atoms with Crippen molar-refractivity contribution in [2.45, 2.75) is 20.8 Å². The number of aromatic nitrogens is 2. The van der Waals surface area contributed by atoms with Crippen LogP contribution in [-0.2, 0) is 9.53 Å². The van der Waals surface area contributed by atoms with Gasteiger partial charge in [-0.1, -0.05) is 29.3 Å². The van der Waals surface area contributed by atoms with E-state index < -0.39 is 24.3 Å². The highest BCUT2D eigenvalue weighted by atomic mass is 35.5. The van der Waals surface area contributed by atoms with Gasteiger partial charge in [0.2, 0.25) is 0 Å². The van der Waals surface area contributed by atoms with Crippen LogP contribution >= 0.6 is 11.6 Å². The molecule has 1 amide bonds. The van der Waals surface area contributed by atoms with Crippen molar-refractivity contribution in [2.24, 2.45) is 0 Å². The van der Waals surface area contributed by atoms with Crippen molar-refractivity contribution in [3.05, 3.63) is 75.8 Å². The number of amides is 1. The lowest BCUT2D eigenvalue weighted by Crippen LogP contribution is -2.22. The molecule has 0 atom stereocenters. The molecule has 0 saturated carbocycles. The molecule has 29 heavy (non-hydrogen) atoms. The van der Waals surface area contributed by atoms with E-state index in [9.17, 15) is 14.0 Å². The first-order valence-corrected chi connectivity index (χ1v) is 9.19. The number of carbonyl (C=O) groups is 2. The van der Waals surface area contributed by atoms with Crippen LogP contribution in [0.5, 0.6) is 0 Å². The smallest absolute Gasteiger partial charge is 0.341 e. The molecule has 0 aliphatic rings. The molecule has 0 saturated heterocycles. The normalized spacial score (nSPS) is 10.7. The zero-order chi connectivity index (χ0) is 21.1. The molecule has 0 fully saturated rings. The molecule has 0 aliphatic carbocycles. The van der Waals surface area contributed by atoms with Crippen molar-refractivity contribution >= 4 is 29.2 Å².